The highest BCUT2D eigenvalue weighted by molar-refractivity contribution is 5.76. The zero-order valence-corrected chi connectivity index (χ0v) is 36.7. The molecule has 0 spiro atoms. The summed E-state index contributed by atoms with van der Waals surface area (Å²) < 4.78 is 5.43. The van der Waals surface area contributed by atoms with Gasteiger partial charge in [0.2, 0.25) is 5.91 Å². The maximum Gasteiger partial charge on any atom is 0.305 e. The second-order valence-electron chi connectivity index (χ2n) is 16.4. The molecule has 0 rings (SSSR count). The monoisotopic (exact) mass is 776 g/mol. The van der Waals surface area contributed by atoms with Crippen molar-refractivity contribution < 1.29 is 24.5 Å². The molecular formula is C49H93NO5. The maximum atomic E-state index is 12.4. The molecule has 0 bridgehead atoms. The van der Waals surface area contributed by atoms with Crippen molar-refractivity contribution in [3.8, 4) is 0 Å². The number of amides is 1. The Balaban J connectivity index is 3.50. The molecule has 6 heteroatoms. The molecule has 0 radical (unpaired) electrons. The van der Waals surface area contributed by atoms with Crippen molar-refractivity contribution in [3.05, 3.63) is 24.3 Å². The molecule has 0 aromatic rings. The van der Waals surface area contributed by atoms with E-state index >= 15 is 0 Å². The highest BCUT2D eigenvalue weighted by Gasteiger charge is 2.20. The van der Waals surface area contributed by atoms with Crippen molar-refractivity contribution in [1.29, 1.82) is 0 Å². The lowest BCUT2D eigenvalue weighted by Crippen LogP contribution is -2.45. The number of esters is 1. The molecular weight excluding hydrogens is 683 g/mol. The smallest absolute Gasteiger partial charge is 0.305 e. The van der Waals surface area contributed by atoms with E-state index in [4.69, 9.17) is 4.74 Å². The number of rotatable bonds is 44. The van der Waals surface area contributed by atoms with E-state index in [1.54, 1.807) is 0 Å². The van der Waals surface area contributed by atoms with Gasteiger partial charge in [0.15, 0.2) is 0 Å². The third-order valence-electron chi connectivity index (χ3n) is 11.0. The van der Waals surface area contributed by atoms with Crippen LogP contribution in [0.25, 0.3) is 0 Å². The van der Waals surface area contributed by atoms with Gasteiger partial charge in [0.05, 0.1) is 25.4 Å². The van der Waals surface area contributed by atoms with Crippen LogP contribution in [0.3, 0.4) is 0 Å². The molecule has 0 aliphatic rings. The second-order valence-corrected chi connectivity index (χ2v) is 16.4. The lowest BCUT2D eigenvalue weighted by Gasteiger charge is -2.22. The van der Waals surface area contributed by atoms with Gasteiger partial charge in [0.1, 0.15) is 0 Å². The first-order chi connectivity index (χ1) is 27.0. The Morgan fingerprint density at radius 2 is 0.855 bits per heavy atom. The summed E-state index contributed by atoms with van der Waals surface area (Å²) in [5, 5.41) is 23.0. The predicted octanol–water partition coefficient (Wildman–Crippen LogP) is 14.0. The van der Waals surface area contributed by atoms with Crippen molar-refractivity contribution in [3.63, 3.8) is 0 Å². The lowest BCUT2D eigenvalue weighted by molar-refractivity contribution is -0.143. The molecule has 2 unspecified atom stereocenters. The SMILES string of the molecule is CCCCCCCCC/C=C\CCCCCCCCCC(=O)OCCCC/C=C\CCCCCCC(=O)NC(CO)C(O)CCCCCCCCCCCC. The zero-order valence-electron chi connectivity index (χ0n) is 36.7. The van der Waals surface area contributed by atoms with Crippen molar-refractivity contribution in [2.75, 3.05) is 13.2 Å². The second kappa shape index (κ2) is 45.0. The van der Waals surface area contributed by atoms with Gasteiger partial charge in [-0.05, 0) is 77.0 Å². The van der Waals surface area contributed by atoms with E-state index in [-0.39, 0.29) is 18.5 Å². The average molecular weight is 776 g/mol. The fourth-order valence-electron chi connectivity index (χ4n) is 7.21. The average Bonchev–Trinajstić information content (AvgIpc) is 3.18. The molecule has 6 nitrogen and oxygen atoms in total. The van der Waals surface area contributed by atoms with Gasteiger partial charge in [-0.3, -0.25) is 9.59 Å². The molecule has 324 valence electrons. The third-order valence-corrected chi connectivity index (χ3v) is 11.0. The molecule has 0 saturated carbocycles. The summed E-state index contributed by atoms with van der Waals surface area (Å²) in [5.41, 5.74) is 0. The normalized spacial score (nSPS) is 12.9. The highest BCUT2D eigenvalue weighted by Crippen LogP contribution is 2.15. The molecule has 0 aromatic heterocycles. The minimum Gasteiger partial charge on any atom is -0.466 e. The van der Waals surface area contributed by atoms with E-state index in [2.05, 4.69) is 43.5 Å². The number of aliphatic hydroxyl groups is 2. The van der Waals surface area contributed by atoms with E-state index in [1.807, 2.05) is 0 Å². The van der Waals surface area contributed by atoms with E-state index < -0.39 is 12.1 Å². The fourth-order valence-corrected chi connectivity index (χ4v) is 7.21. The zero-order chi connectivity index (χ0) is 40.1. The number of hydrogen-bond acceptors (Lipinski definition) is 5. The number of carbonyl (C=O) groups is 2. The molecule has 2 atom stereocenters. The topological polar surface area (TPSA) is 95.9 Å². The van der Waals surface area contributed by atoms with Crippen molar-refractivity contribution in [2.45, 2.75) is 264 Å². The van der Waals surface area contributed by atoms with E-state index in [1.165, 1.54) is 141 Å². The van der Waals surface area contributed by atoms with Gasteiger partial charge in [-0.1, -0.05) is 186 Å². The minimum atomic E-state index is -0.684. The van der Waals surface area contributed by atoms with Crippen LogP contribution < -0.4 is 5.32 Å². The maximum absolute atomic E-state index is 12.4. The largest absolute Gasteiger partial charge is 0.466 e. The van der Waals surface area contributed by atoms with Crippen LogP contribution in [0.2, 0.25) is 0 Å². The van der Waals surface area contributed by atoms with Crippen LogP contribution in [0, 0.1) is 0 Å². The molecule has 0 aromatic carbocycles. The Morgan fingerprint density at radius 3 is 1.29 bits per heavy atom. The molecule has 1 amide bonds. The van der Waals surface area contributed by atoms with Crippen LogP contribution in [0.5, 0.6) is 0 Å². The van der Waals surface area contributed by atoms with Crippen LogP contribution in [-0.2, 0) is 14.3 Å². The molecule has 0 aliphatic carbocycles. The molecule has 0 fully saturated rings. The summed E-state index contributed by atoms with van der Waals surface area (Å²) >= 11 is 0. The van der Waals surface area contributed by atoms with Crippen molar-refractivity contribution in [2.24, 2.45) is 0 Å². The quantitative estimate of drug-likeness (QED) is 0.0325. The summed E-state index contributed by atoms with van der Waals surface area (Å²) in [5.74, 6) is -0.114. The first kappa shape index (κ1) is 53.3. The van der Waals surface area contributed by atoms with Gasteiger partial charge < -0.3 is 20.3 Å². The van der Waals surface area contributed by atoms with Gasteiger partial charge >= 0.3 is 5.97 Å². The Hall–Kier alpha value is -1.66. The summed E-state index contributed by atoms with van der Waals surface area (Å²) in [6, 6.07) is -0.565. The predicted molar refractivity (Wildman–Crippen MR) is 236 cm³/mol. The van der Waals surface area contributed by atoms with Crippen LogP contribution in [0.4, 0.5) is 0 Å². The number of carbonyl (C=O) groups excluding carboxylic acids is 2. The number of hydrogen-bond donors (Lipinski definition) is 3. The third kappa shape index (κ3) is 41.8. The summed E-state index contributed by atoms with van der Waals surface area (Å²) in [4.78, 5) is 24.4. The number of nitrogens with one attached hydrogen (secondary N) is 1. The number of unbranched alkanes of at least 4 members (excludes halogenated alkanes) is 29. The summed E-state index contributed by atoms with van der Waals surface area (Å²) in [7, 11) is 0. The molecule has 0 aliphatic heterocycles. The molecule has 3 N–H and O–H groups in total. The lowest BCUT2D eigenvalue weighted by atomic mass is 10.0. The van der Waals surface area contributed by atoms with Crippen molar-refractivity contribution in [1.82, 2.24) is 5.32 Å². The summed E-state index contributed by atoms with van der Waals surface area (Å²) in [6.07, 6.45) is 51.5. The van der Waals surface area contributed by atoms with E-state index in [0.29, 0.717) is 25.9 Å². The number of ether oxygens (including phenoxy) is 1. The highest BCUT2D eigenvalue weighted by atomic mass is 16.5. The van der Waals surface area contributed by atoms with Gasteiger partial charge in [-0.25, -0.2) is 0 Å². The summed E-state index contributed by atoms with van der Waals surface area (Å²) in [6.45, 7) is 4.84. The first-order valence-corrected chi connectivity index (χ1v) is 24.1. The van der Waals surface area contributed by atoms with Gasteiger partial charge in [0.25, 0.3) is 0 Å². The Kier molecular flexibility index (Phi) is 43.7. The van der Waals surface area contributed by atoms with Crippen LogP contribution >= 0.6 is 0 Å². The van der Waals surface area contributed by atoms with Crippen LogP contribution in [-0.4, -0.2) is 47.4 Å². The number of allylic oxidation sites excluding steroid dienone is 4. The van der Waals surface area contributed by atoms with Crippen LogP contribution in [0.1, 0.15) is 251 Å². The minimum absolute atomic E-state index is 0.0401. The molecule has 0 saturated heterocycles. The Morgan fingerprint density at radius 1 is 0.491 bits per heavy atom. The first-order valence-electron chi connectivity index (χ1n) is 24.1. The Bertz CT molecular complexity index is 858. The van der Waals surface area contributed by atoms with E-state index in [0.717, 1.165) is 77.0 Å². The fraction of sp³-hybridized carbons (Fsp3) is 0.878. The van der Waals surface area contributed by atoms with Crippen molar-refractivity contribution >= 4 is 11.9 Å². The van der Waals surface area contributed by atoms with Gasteiger partial charge in [-0.2, -0.15) is 0 Å². The van der Waals surface area contributed by atoms with Gasteiger partial charge in [0, 0.05) is 12.8 Å². The Labute approximate surface area is 341 Å². The van der Waals surface area contributed by atoms with Crippen LogP contribution in [0.15, 0.2) is 24.3 Å². The van der Waals surface area contributed by atoms with Gasteiger partial charge in [-0.15, -0.1) is 0 Å². The molecule has 0 heterocycles. The molecule has 55 heavy (non-hydrogen) atoms. The standard InChI is InChI=1S/C49H93NO5/c1-3-5-7-9-11-13-15-16-17-18-19-20-21-22-27-31-35-39-43-49(54)55-44-40-36-32-28-24-23-26-30-34-38-42-48(53)50-46(45-51)47(52)41-37-33-29-25-14-12-10-8-6-4-2/h17-18,24,28,46-47,51-52H,3-16,19-23,25-27,29-45H2,1-2H3,(H,50,53)/b18-17-,28-24-. The number of aliphatic hydroxyl groups excluding tert-OH is 2. The van der Waals surface area contributed by atoms with E-state index in [9.17, 15) is 19.8 Å².